The first-order valence-corrected chi connectivity index (χ1v) is 11.7. The molecule has 1 saturated heterocycles. The number of nitrogens with zero attached hydrogens (tertiary/aromatic N) is 2. The quantitative estimate of drug-likeness (QED) is 0.635. The molecule has 1 N–H and O–H groups in total. The summed E-state index contributed by atoms with van der Waals surface area (Å²) in [5, 5.41) is 3.62. The Morgan fingerprint density at radius 3 is 2.82 bits per heavy atom. The predicted molar refractivity (Wildman–Crippen MR) is 126 cm³/mol. The molecule has 2 aromatic rings. The number of rotatable bonds is 6. The average Bonchev–Trinajstić information content (AvgIpc) is 3.12. The number of ether oxygens (including phenoxy) is 4. The van der Waals surface area contributed by atoms with Crippen LogP contribution in [0.3, 0.4) is 0 Å². The number of benzene rings is 1. The van der Waals surface area contributed by atoms with Crippen molar-refractivity contribution in [2.75, 3.05) is 27.4 Å². The maximum Gasteiger partial charge on any atom is 0.343 e. The number of carbonyl (C=O) groups is 1. The molecule has 2 atom stereocenters. The number of fused-ring (bicyclic) bond motifs is 1. The third-order valence-electron chi connectivity index (χ3n) is 5.85. The highest BCUT2D eigenvalue weighted by Crippen LogP contribution is 2.46. The van der Waals surface area contributed by atoms with Crippen molar-refractivity contribution in [3.8, 4) is 11.5 Å². The number of thioether (sulfide) groups is 1. The highest BCUT2D eigenvalue weighted by atomic mass is 32.2. The lowest BCUT2D eigenvalue weighted by atomic mass is 9.94. The minimum atomic E-state index is -0.493. The maximum atomic E-state index is 13.1. The standard InChI is InChI=1S/C23H29N3O6S/c1-13-24-21-19(22(28)25-26(21)15-8-9-32-23(2,3)11-15)20(33-13)14-6-7-16(29-4)17(10-14)31-12-18(27)30-5/h6-7,10,15,20H,8-9,11-12H2,1-5H3,(H,25,28)/t15-,20+/m1/s1. The van der Waals surface area contributed by atoms with Gasteiger partial charge in [0.25, 0.3) is 5.56 Å². The van der Waals surface area contributed by atoms with E-state index in [0.717, 1.165) is 23.4 Å². The van der Waals surface area contributed by atoms with Crippen LogP contribution in [0.2, 0.25) is 0 Å². The molecular weight excluding hydrogens is 446 g/mol. The van der Waals surface area contributed by atoms with Gasteiger partial charge < -0.3 is 18.9 Å². The molecule has 0 unspecified atom stereocenters. The summed E-state index contributed by atoms with van der Waals surface area (Å²) in [6.45, 7) is 6.46. The third kappa shape index (κ3) is 4.81. The van der Waals surface area contributed by atoms with Crippen LogP contribution in [0.4, 0.5) is 5.82 Å². The second kappa shape index (κ2) is 9.26. The van der Waals surface area contributed by atoms with Crippen molar-refractivity contribution in [2.24, 2.45) is 4.99 Å². The Labute approximate surface area is 196 Å². The number of esters is 1. The highest BCUT2D eigenvalue weighted by molar-refractivity contribution is 8.14. The molecule has 1 aromatic carbocycles. The molecule has 2 aliphatic heterocycles. The smallest absolute Gasteiger partial charge is 0.343 e. The third-order valence-corrected chi connectivity index (χ3v) is 7.03. The maximum absolute atomic E-state index is 13.1. The Hall–Kier alpha value is -2.72. The van der Waals surface area contributed by atoms with Gasteiger partial charge in [-0.2, -0.15) is 0 Å². The second-order valence-electron chi connectivity index (χ2n) is 8.71. The molecule has 4 rings (SSSR count). The molecule has 9 nitrogen and oxygen atoms in total. The van der Waals surface area contributed by atoms with E-state index < -0.39 is 5.97 Å². The van der Waals surface area contributed by atoms with Gasteiger partial charge in [0.15, 0.2) is 23.9 Å². The molecule has 2 aliphatic rings. The Kier molecular flexibility index (Phi) is 6.58. The monoisotopic (exact) mass is 475 g/mol. The molecule has 0 spiro atoms. The van der Waals surface area contributed by atoms with Crippen molar-refractivity contribution < 1.29 is 23.7 Å². The number of H-pyrrole nitrogens is 1. The summed E-state index contributed by atoms with van der Waals surface area (Å²) in [5.41, 5.74) is 1.04. The van der Waals surface area contributed by atoms with E-state index in [2.05, 4.69) is 23.7 Å². The van der Waals surface area contributed by atoms with Crippen LogP contribution in [-0.2, 0) is 14.3 Å². The van der Waals surface area contributed by atoms with Gasteiger partial charge in [-0.1, -0.05) is 17.8 Å². The first-order valence-electron chi connectivity index (χ1n) is 10.8. The van der Waals surface area contributed by atoms with E-state index in [9.17, 15) is 9.59 Å². The van der Waals surface area contributed by atoms with E-state index in [1.165, 1.54) is 26.0 Å². The Morgan fingerprint density at radius 2 is 2.12 bits per heavy atom. The molecule has 0 saturated carbocycles. The number of methoxy groups -OCH3 is 2. The lowest BCUT2D eigenvalue weighted by molar-refractivity contribution is -0.142. The lowest BCUT2D eigenvalue weighted by Crippen LogP contribution is -2.35. The molecule has 0 bridgehead atoms. The van der Waals surface area contributed by atoms with E-state index in [1.807, 2.05) is 17.7 Å². The minimum Gasteiger partial charge on any atom is -0.493 e. The Bertz CT molecular complexity index is 1140. The lowest BCUT2D eigenvalue weighted by Gasteiger charge is -2.36. The summed E-state index contributed by atoms with van der Waals surface area (Å²) >= 11 is 1.51. The van der Waals surface area contributed by atoms with E-state index in [1.54, 1.807) is 12.1 Å². The first kappa shape index (κ1) is 23.4. The van der Waals surface area contributed by atoms with Gasteiger partial charge in [-0.25, -0.2) is 9.79 Å². The number of hydrogen-bond acceptors (Lipinski definition) is 8. The predicted octanol–water partition coefficient (Wildman–Crippen LogP) is 3.75. The molecule has 33 heavy (non-hydrogen) atoms. The average molecular weight is 476 g/mol. The summed E-state index contributed by atoms with van der Waals surface area (Å²) in [6.07, 6.45) is 1.59. The fourth-order valence-electron chi connectivity index (χ4n) is 4.29. The fourth-order valence-corrected chi connectivity index (χ4v) is 5.39. The van der Waals surface area contributed by atoms with Crippen LogP contribution >= 0.6 is 11.8 Å². The Morgan fingerprint density at radius 1 is 1.33 bits per heavy atom. The number of nitrogens with one attached hydrogen (secondary N) is 1. The molecule has 3 heterocycles. The first-order chi connectivity index (χ1) is 15.7. The van der Waals surface area contributed by atoms with E-state index in [-0.39, 0.29) is 29.1 Å². The van der Waals surface area contributed by atoms with Crippen LogP contribution in [0.1, 0.15) is 56.0 Å². The topological polar surface area (TPSA) is 104 Å². The van der Waals surface area contributed by atoms with Crippen molar-refractivity contribution in [1.29, 1.82) is 0 Å². The largest absolute Gasteiger partial charge is 0.493 e. The van der Waals surface area contributed by atoms with Crippen molar-refractivity contribution in [3.63, 3.8) is 0 Å². The molecule has 1 fully saturated rings. The van der Waals surface area contributed by atoms with E-state index in [4.69, 9.17) is 19.2 Å². The van der Waals surface area contributed by atoms with Gasteiger partial charge >= 0.3 is 5.97 Å². The molecule has 1 aromatic heterocycles. The van der Waals surface area contributed by atoms with Crippen molar-refractivity contribution in [2.45, 2.75) is 50.5 Å². The zero-order chi connectivity index (χ0) is 23.8. The van der Waals surface area contributed by atoms with Gasteiger partial charge in [0.05, 0.1) is 41.7 Å². The van der Waals surface area contributed by atoms with Crippen LogP contribution in [0.15, 0.2) is 28.0 Å². The summed E-state index contributed by atoms with van der Waals surface area (Å²) in [4.78, 5) is 29.4. The molecule has 0 aliphatic carbocycles. The zero-order valence-electron chi connectivity index (χ0n) is 19.5. The number of aliphatic imine (C=N–C) groups is 1. The van der Waals surface area contributed by atoms with Crippen molar-refractivity contribution >= 4 is 28.6 Å². The summed E-state index contributed by atoms with van der Waals surface area (Å²) < 4.78 is 23.4. The number of aromatic nitrogens is 2. The van der Waals surface area contributed by atoms with Gasteiger partial charge in [-0.3, -0.25) is 14.6 Å². The minimum absolute atomic E-state index is 0.0975. The second-order valence-corrected chi connectivity index (χ2v) is 10.0. The van der Waals surface area contributed by atoms with E-state index in [0.29, 0.717) is 29.5 Å². The zero-order valence-corrected chi connectivity index (χ0v) is 20.3. The molecule has 10 heteroatoms. The van der Waals surface area contributed by atoms with Gasteiger partial charge in [-0.05, 0) is 51.3 Å². The molecule has 0 amide bonds. The van der Waals surface area contributed by atoms with Crippen LogP contribution in [0, 0.1) is 0 Å². The number of hydrogen-bond donors (Lipinski definition) is 1. The van der Waals surface area contributed by atoms with Gasteiger partial charge in [0.2, 0.25) is 0 Å². The highest BCUT2D eigenvalue weighted by Gasteiger charge is 2.36. The van der Waals surface area contributed by atoms with Gasteiger partial charge in [0.1, 0.15) is 0 Å². The molecule has 0 radical (unpaired) electrons. The van der Waals surface area contributed by atoms with Crippen molar-refractivity contribution in [3.05, 3.63) is 39.7 Å². The van der Waals surface area contributed by atoms with Gasteiger partial charge in [-0.15, -0.1) is 0 Å². The number of aromatic amines is 1. The Balaban J connectivity index is 1.72. The normalized spacial score (nSPS) is 21.7. The summed E-state index contributed by atoms with van der Waals surface area (Å²) in [6, 6.07) is 5.57. The van der Waals surface area contributed by atoms with E-state index >= 15 is 0 Å². The van der Waals surface area contributed by atoms with Crippen LogP contribution in [0.5, 0.6) is 11.5 Å². The SMILES string of the molecule is COC(=O)COc1cc([C@@H]2SC(C)=Nc3c2c(=O)[nH]n3[C@@H]2CCOC(C)(C)C2)ccc1OC. The number of carbonyl (C=O) groups excluding carboxylic acids is 1. The van der Waals surface area contributed by atoms with Crippen molar-refractivity contribution in [1.82, 2.24) is 9.78 Å². The van der Waals surface area contributed by atoms with Crippen LogP contribution in [-0.4, -0.2) is 53.8 Å². The fraction of sp³-hybridized carbons (Fsp3) is 0.522. The summed E-state index contributed by atoms with van der Waals surface area (Å²) in [5.74, 6) is 1.07. The van der Waals surface area contributed by atoms with Crippen LogP contribution < -0.4 is 15.0 Å². The molecule has 178 valence electrons. The van der Waals surface area contributed by atoms with Gasteiger partial charge in [0, 0.05) is 6.61 Å². The molecular formula is C23H29N3O6S. The summed E-state index contributed by atoms with van der Waals surface area (Å²) in [7, 11) is 2.84. The van der Waals surface area contributed by atoms with Crippen LogP contribution in [0.25, 0.3) is 0 Å².